The van der Waals surface area contributed by atoms with E-state index in [1.807, 2.05) is 0 Å². The minimum absolute atomic E-state index is 0.149. The zero-order valence-corrected chi connectivity index (χ0v) is 10.4. The standard InChI is InChI=1S/C12H15N5O2/c18-11-2-1-9(7-14-11)12-15-10(16-19-12)8-17-5-3-13-4-6-17/h1-2,7,13H,3-6,8H2,(H,14,18). The third-order valence-electron chi connectivity index (χ3n) is 3.07. The fourth-order valence-electron chi connectivity index (χ4n) is 2.05. The minimum atomic E-state index is -0.149. The minimum Gasteiger partial charge on any atom is -0.334 e. The van der Waals surface area contributed by atoms with Gasteiger partial charge in [-0.05, 0) is 6.07 Å². The lowest BCUT2D eigenvalue weighted by molar-refractivity contribution is 0.225. The quantitative estimate of drug-likeness (QED) is 0.797. The van der Waals surface area contributed by atoms with E-state index in [2.05, 4.69) is 25.3 Å². The summed E-state index contributed by atoms with van der Waals surface area (Å²) in [6, 6.07) is 3.11. The second-order valence-electron chi connectivity index (χ2n) is 4.48. The van der Waals surface area contributed by atoms with Crippen molar-refractivity contribution in [3.8, 4) is 11.5 Å². The Balaban J connectivity index is 1.71. The van der Waals surface area contributed by atoms with Crippen LogP contribution in [0.3, 0.4) is 0 Å². The van der Waals surface area contributed by atoms with Gasteiger partial charge in [-0.3, -0.25) is 9.69 Å². The molecule has 19 heavy (non-hydrogen) atoms. The van der Waals surface area contributed by atoms with E-state index < -0.39 is 0 Å². The van der Waals surface area contributed by atoms with Crippen molar-refractivity contribution in [2.24, 2.45) is 0 Å². The van der Waals surface area contributed by atoms with Gasteiger partial charge in [0.25, 0.3) is 5.89 Å². The summed E-state index contributed by atoms with van der Waals surface area (Å²) in [6.07, 6.45) is 1.57. The molecule has 2 aromatic heterocycles. The zero-order chi connectivity index (χ0) is 13.1. The predicted octanol–water partition coefficient (Wildman–Crippen LogP) is -0.170. The summed E-state index contributed by atoms with van der Waals surface area (Å²) in [5.41, 5.74) is 0.572. The molecule has 2 aromatic rings. The van der Waals surface area contributed by atoms with Crippen LogP contribution >= 0.6 is 0 Å². The topological polar surface area (TPSA) is 87.1 Å². The molecule has 2 N–H and O–H groups in total. The molecule has 100 valence electrons. The highest BCUT2D eigenvalue weighted by Gasteiger charge is 2.14. The summed E-state index contributed by atoms with van der Waals surface area (Å²) in [6.45, 7) is 4.65. The SMILES string of the molecule is O=c1ccc(-c2nc(CN3CCNCC3)no2)c[nH]1. The molecule has 7 heteroatoms. The number of rotatable bonds is 3. The Labute approximate surface area is 109 Å². The van der Waals surface area contributed by atoms with E-state index in [9.17, 15) is 4.79 Å². The van der Waals surface area contributed by atoms with Crippen LogP contribution in [-0.4, -0.2) is 46.2 Å². The van der Waals surface area contributed by atoms with Crippen LogP contribution in [-0.2, 0) is 6.54 Å². The molecule has 3 heterocycles. The number of nitrogens with zero attached hydrogens (tertiary/aromatic N) is 3. The van der Waals surface area contributed by atoms with Gasteiger partial charge >= 0.3 is 0 Å². The van der Waals surface area contributed by atoms with Crippen LogP contribution in [0.4, 0.5) is 0 Å². The van der Waals surface area contributed by atoms with Crippen LogP contribution in [0, 0.1) is 0 Å². The van der Waals surface area contributed by atoms with Gasteiger partial charge in [-0.1, -0.05) is 5.16 Å². The van der Waals surface area contributed by atoms with E-state index in [4.69, 9.17) is 4.52 Å². The molecule has 0 bridgehead atoms. The number of piperazine rings is 1. The van der Waals surface area contributed by atoms with Crippen LogP contribution in [0.1, 0.15) is 5.82 Å². The lowest BCUT2D eigenvalue weighted by Crippen LogP contribution is -2.43. The summed E-state index contributed by atoms with van der Waals surface area (Å²) < 4.78 is 5.21. The van der Waals surface area contributed by atoms with Crippen molar-refractivity contribution in [2.75, 3.05) is 26.2 Å². The van der Waals surface area contributed by atoms with E-state index in [1.165, 1.54) is 6.07 Å². The van der Waals surface area contributed by atoms with Crippen molar-refractivity contribution in [1.29, 1.82) is 0 Å². The van der Waals surface area contributed by atoms with Gasteiger partial charge in [-0.2, -0.15) is 4.98 Å². The number of nitrogens with one attached hydrogen (secondary N) is 2. The van der Waals surface area contributed by atoms with E-state index in [-0.39, 0.29) is 5.56 Å². The fraction of sp³-hybridized carbons (Fsp3) is 0.417. The number of pyridine rings is 1. The first-order valence-electron chi connectivity index (χ1n) is 6.26. The number of hydrogen-bond acceptors (Lipinski definition) is 6. The Bertz CT molecular complexity index is 580. The Hall–Kier alpha value is -1.99. The first-order valence-corrected chi connectivity index (χ1v) is 6.26. The summed E-state index contributed by atoms with van der Waals surface area (Å²) in [7, 11) is 0. The van der Waals surface area contributed by atoms with Crippen molar-refractivity contribution in [1.82, 2.24) is 25.3 Å². The summed E-state index contributed by atoms with van der Waals surface area (Å²) >= 11 is 0. The molecule has 1 fully saturated rings. The number of aromatic nitrogens is 3. The Morgan fingerprint density at radius 2 is 2.16 bits per heavy atom. The van der Waals surface area contributed by atoms with Gasteiger partial charge < -0.3 is 14.8 Å². The maximum atomic E-state index is 11.0. The Morgan fingerprint density at radius 3 is 2.89 bits per heavy atom. The molecule has 0 radical (unpaired) electrons. The van der Waals surface area contributed by atoms with Gasteiger partial charge in [-0.25, -0.2) is 0 Å². The van der Waals surface area contributed by atoms with Crippen molar-refractivity contribution >= 4 is 0 Å². The fourth-order valence-corrected chi connectivity index (χ4v) is 2.05. The third kappa shape index (κ3) is 2.88. The van der Waals surface area contributed by atoms with Gasteiger partial charge in [0.2, 0.25) is 5.56 Å². The first kappa shape index (κ1) is 12.1. The number of aromatic amines is 1. The molecule has 0 aliphatic carbocycles. The molecular weight excluding hydrogens is 246 g/mol. The Kier molecular flexibility index (Phi) is 3.39. The summed E-state index contributed by atoms with van der Waals surface area (Å²) in [5.74, 6) is 1.10. The maximum absolute atomic E-state index is 11.0. The average molecular weight is 261 g/mol. The van der Waals surface area contributed by atoms with E-state index >= 15 is 0 Å². The van der Waals surface area contributed by atoms with E-state index in [1.54, 1.807) is 12.3 Å². The maximum Gasteiger partial charge on any atom is 0.259 e. The normalized spacial score (nSPS) is 16.6. The van der Waals surface area contributed by atoms with Crippen molar-refractivity contribution in [3.63, 3.8) is 0 Å². The van der Waals surface area contributed by atoms with Crippen molar-refractivity contribution in [2.45, 2.75) is 6.54 Å². The van der Waals surface area contributed by atoms with Gasteiger partial charge in [-0.15, -0.1) is 0 Å². The predicted molar refractivity (Wildman–Crippen MR) is 68.5 cm³/mol. The molecule has 0 aromatic carbocycles. The molecule has 0 unspecified atom stereocenters. The summed E-state index contributed by atoms with van der Waals surface area (Å²) in [5, 5.41) is 7.27. The molecule has 1 aliphatic heterocycles. The van der Waals surface area contributed by atoms with Crippen LogP contribution in [0.5, 0.6) is 0 Å². The van der Waals surface area contributed by atoms with Crippen LogP contribution in [0.25, 0.3) is 11.5 Å². The molecule has 1 saturated heterocycles. The number of H-pyrrole nitrogens is 1. The zero-order valence-electron chi connectivity index (χ0n) is 10.4. The lowest BCUT2D eigenvalue weighted by Gasteiger charge is -2.25. The summed E-state index contributed by atoms with van der Waals surface area (Å²) in [4.78, 5) is 20.2. The van der Waals surface area contributed by atoms with Crippen LogP contribution < -0.4 is 10.9 Å². The highest BCUT2D eigenvalue weighted by molar-refractivity contribution is 5.50. The molecular formula is C12H15N5O2. The first-order chi connectivity index (χ1) is 9.31. The second kappa shape index (κ2) is 5.33. The van der Waals surface area contributed by atoms with E-state index in [0.29, 0.717) is 18.3 Å². The molecule has 0 saturated carbocycles. The van der Waals surface area contributed by atoms with Gasteiger partial charge in [0.1, 0.15) is 0 Å². The number of hydrogen-bond donors (Lipinski definition) is 2. The molecule has 0 spiro atoms. The molecule has 0 amide bonds. The van der Waals surface area contributed by atoms with E-state index in [0.717, 1.165) is 31.7 Å². The molecule has 0 atom stereocenters. The van der Waals surface area contributed by atoms with Crippen molar-refractivity contribution < 1.29 is 4.52 Å². The largest absolute Gasteiger partial charge is 0.334 e. The third-order valence-corrected chi connectivity index (χ3v) is 3.07. The lowest BCUT2D eigenvalue weighted by atomic mass is 10.3. The van der Waals surface area contributed by atoms with Gasteiger partial charge in [0, 0.05) is 38.4 Å². The highest BCUT2D eigenvalue weighted by Crippen LogP contribution is 2.15. The van der Waals surface area contributed by atoms with Crippen molar-refractivity contribution in [3.05, 3.63) is 34.5 Å². The smallest absolute Gasteiger partial charge is 0.259 e. The second-order valence-corrected chi connectivity index (χ2v) is 4.48. The average Bonchev–Trinajstić information content (AvgIpc) is 2.89. The monoisotopic (exact) mass is 261 g/mol. The molecule has 3 rings (SSSR count). The van der Waals surface area contributed by atoms with Crippen LogP contribution in [0.15, 0.2) is 27.6 Å². The van der Waals surface area contributed by atoms with Gasteiger partial charge in [0.05, 0.1) is 12.1 Å². The molecule has 7 nitrogen and oxygen atoms in total. The molecule has 1 aliphatic rings. The van der Waals surface area contributed by atoms with Gasteiger partial charge in [0.15, 0.2) is 5.82 Å². The highest BCUT2D eigenvalue weighted by atomic mass is 16.5. The van der Waals surface area contributed by atoms with Crippen LogP contribution in [0.2, 0.25) is 0 Å². The Morgan fingerprint density at radius 1 is 1.32 bits per heavy atom.